The Morgan fingerprint density at radius 3 is 2.32 bits per heavy atom. The summed E-state index contributed by atoms with van der Waals surface area (Å²) >= 11 is 0. The van der Waals surface area contributed by atoms with Crippen LogP contribution >= 0.6 is 0 Å². The van der Waals surface area contributed by atoms with E-state index >= 15 is 0 Å². The fourth-order valence-electron chi connectivity index (χ4n) is 1.29. The Morgan fingerprint density at radius 1 is 1.21 bits per heavy atom. The zero-order chi connectivity index (χ0) is 14.3. The third-order valence-corrected chi connectivity index (χ3v) is 2.27. The highest BCUT2D eigenvalue weighted by Gasteiger charge is 2.08. The summed E-state index contributed by atoms with van der Waals surface area (Å²) in [6.45, 7) is 1.15. The quantitative estimate of drug-likeness (QED) is 0.317. The van der Waals surface area contributed by atoms with E-state index in [-0.39, 0.29) is 13.2 Å². The molecule has 0 atom stereocenters. The van der Waals surface area contributed by atoms with Gasteiger partial charge in [-0.2, -0.15) is 0 Å². The molecule has 0 heterocycles. The summed E-state index contributed by atoms with van der Waals surface area (Å²) in [4.78, 5) is 35.7. The second-order valence-corrected chi connectivity index (χ2v) is 3.76. The Bertz CT molecular complexity index is 468. The molecule has 0 radical (unpaired) electrons. The van der Waals surface area contributed by atoms with Gasteiger partial charge in [-0.15, -0.1) is 10.1 Å². The Balaban J connectivity index is 2.41. The standard InChI is InChI=1S/C12H13NO6/c1-9(14)12(15)18-8-11-4-2-10(3-5-11)6-7-19-13(16)17/h2-5H,6-8H2,1H3. The summed E-state index contributed by atoms with van der Waals surface area (Å²) in [6, 6.07) is 6.93. The minimum Gasteiger partial charge on any atom is -0.455 e. The van der Waals surface area contributed by atoms with Gasteiger partial charge in [0.25, 0.3) is 5.09 Å². The summed E-state index contributed by atoms with van der Waals surface area (Å²) in [7, 11) is 0. The number of benzene rings is 1. The molecule has 0 aliphatic carbocycles. The summed E-state index contributed by atoms with van der Waals surface area (Å²) in [5, 5.41) is 9.12. The molecule has 0 fully saturated rings. The molecule has 102 valence electrons. The number of ether oxygens (including phenoxy) is 1. The fourth-order valence-corrected chi connectivity index (χ4v) is 1.29. The highest BCUT2D eigenvalue weighted by atomic mass is 16.9. The van der Waals surface area contributed by atoms with Gasteiger partial charge in [0, 0.05) is 6.92 Å². The average Bonchev–Trinajstić information content (AvgIpc) is 2.37. The summed E-state index contributed by atoms with van der Waals surface area (Å²) in [6.07, 6.45) is 0.411. The topological polar surface area (TPSA) is 95.7 Å². The molecule has 19 heavy (non-hydrogen) atoms. The van der Waals surface area contributed by atoms with Gasteiger partial charge in [0.2, 0.25) is 5.78 Å². The molecule has 0 saturated heterocycles. The van der Waals surface area contributed by atoms with Gasteiger partial charge in [0.1, 0.15) is 13.2 Å². The Hall–Kier alpha value is -2.44. The van der Waals surface area contributed by atoms with Gasteiger partial charge in [0.05, 0.1) is 0 Å². The smallest absolute Gasteiger partial charge is 0.374 e. The van der Waals surface area contributed by atoms with E-state index in [0.29, 0.717) is 6.42 Å². The molecule has 0 aromatic heterocycles. The molecule has 0 unspecified atom stereocenters. The molecule has 0 spiro atoms. The average molecular weight is 267 g/mol. The molecule has 0 amide bonds. The zero-order valence-corrected chi connectivity index (χ0v) is 10.3. The SMILES string of the molecule is CC(=O)C(=O)OCc1ccc(CCO[N+](=O)[O-])cc1. The molecule has 7 heteroatoms. The van der Waals surface area contributed by atoms with E-state index in [9.17, 15) is 19.7 Å². The normalized spacial score (nSPS) is 9.74. The molecule has 1 rings (SSSR count). The van der Waals surface area contributed by atoms with Crippen molar-refractivity contribution in [3.63, 3.8) is 0 Å². The fraction of sp³-hybridized carbons (Fsp3) is 0.333. The van der Waals surface area contributed by atoms with E-state index in [0.717, 1.165) is 18.1 Å². The Kier molecular flexibility index (Phi) is 5.46. The summed E-state index contributed by atoms with van der Waals surface area (Å²) in [5.74, 6) is -1.52. The summed E-state index contributed by atoms with van der Waals surface area (Å²) < 4.78 is 4.74. The molecule has 0 aliphatic heterocycles. The lowest BCUT2D eigenvalue weighted by molar-refractivity contribution is -0.757. The molecule has 1 aromatic carbocycles. The van der Waals surface area contributed by atoms with E-state index < -0.39 is 16.8 Å². The minimum absolute atomic E-state index is 0.00826. The van der Waals surface area contributed by atoms with Crippen molar-refractivity contribution in [3.8, 4) is 0 Å². The maximum Gasteiger partial charge on any atom is 0.374 e. The van der Waals surface area contributed by atoms with Gasteiger partial charge in [0.15, 0.2) is 0 Å². The number of hydrogen-bond donors (Lipinski definition) is 0. The first-order valence-corrected chi connectivity index (χ1v) is 5.52. The Morgan fingerprint density at radius 2 is 1.79 bits per heavy atom. The number of carbonyl (C=O) groups is 2. The number of Topliss-reactive ketones (excluding diaryl/α,β-unsaturated/α-hetero) is 1. The van der Waals surface area contributed by atoms with Crippen LogP contribution < -0.4 is 0 Å². The number of nitrogens with zero attached hydrogens (tertiary/aromatic N) is 1. The molecule has 0 N–H and O–H groups in total. The van der Waals surface area contributed by atoms with Crippen LogP contribution in [0, 0.1) is 10.1 Å². The minimum atomic E-state index is -0.872. The van der Waals surface area contributed by atoms with Crippen molar-refractivity contribution < 1.29 is 24.3 Å². The van der Waals surface area contributed by atoms with Crippen LogP contribution in [0.25, 0.3) is 0 Å². The van der Waals surface area contributed by atoms with Crippen molar-refractivity contribution >= 4 is 11.8 Å². The van der Waals surface area contributed by atoms with Crippen molar-refractivity contribution in [2.24, 2.45) is 0 Å². The van der Waals surface area contributed by atoms with Gasteiger partial charge in [-0.3, -0.25) is 4.79 Å². The van der Waals surface area contributed by atoms with Crippen molar-refractivity contribution in [2.45, 2.75) is 20.0 Å². The van der Waals surface area contributed by atoms with Crippen LogP contribution in [0.5, 0.6) is 0 Å². The lowest BCUT2D eigenvalue weighted by atomic mass is 10.1. The highest BCUT2D eigenvalue weighted by molar-refractivity contribution is 6.32. The van der Waals surface area contributed by atoms with Crippen LogP contribution in [0.2, 0.25) is 0 Å². The number of ketones is 1. The van der Waals surface area contributed by atoms with Gasteiger partial charge in [-0.25, -0.2) is 4.79 Å². The molecule has 1 aromatic rings. The predicted octanol–water partition coefficient (Wildman–Crippen LogP) is 1.07. The van der Waals surface area contributed by atoms with Crippen LogP contribution in [-0.4, -0.2) is 23.4 Å². The monoisotopic (exact) mass is 267 g/mol. The molecule has 0 saturated carbocycles. The third-order valence-electron chi connectivity index (χ3n) is 2.27. The second-order valence-electron chi connectivity index (χ2n) is 3.76. The largest absolute Gasteiger partial charge is 0.455 e. The number of hydrogen-bond acceptors (Lipinski definition) is 6. The highest BCUT2D eigenvalue weighted by Crippen LogP contribution is 2.07. The van der Waals surface area contributed by atoms with E-state index in [1.807, 2.05) is 0 Å². The van der Waals surface area contributed by atoms with Crippen LogP contribution in [0.3, 0.4) is 0 Å². The lowest BCUT2D eigenvalue weighted by Gasteiger charge is -2.04. The Labute approximate surface area is 109 Å². The summed E-state index contributed by atoms with van der Waals surface area (Å²) in [5.41, 5.74) is 1.59. The molecule has 0 bridgehead atoms. The first kappa shape index (κ1) is 14.6. The maximum atomic E-state index is 10.9. The first-order valence-electron chi connectivity index (χ1n) is 5.52. The lowest BCUT2D eigenvalue weighted by Crippen LogP contribution is -2.13. The van der Waals surface area contributed by atoms with Gasteiger partial charge in [-0.1, -0.05) is 24.3 Å². The molecule has 7 nitrogen and oxygen atoms in total. The van der Waals surface area contributed by atoms with Crippen LogP contribution in [0.15, 0.2) is 24.3 Å². The zero-order valence-electron chi connectivity index (χ0n) is 10.3. The molecular formula is C12H13NO6. The number of rotatable bonds is 7. The van der Waals surface area contributed by atoms with Gasteiger partial charge in [-0.05, 0) is 17.5 Å². The van der Waals surface area contributed by atoms with Crippen molar-refractivity contribution in [1.82, 2.24) is 0 Å². The van der Waals surface area contributed by atoms with Crippen LogP contribution in [0.4, 0.5) is 0 Å². The van der Waals surface area contributed by atoms with E-state index in [1.165, 1.54) is 0 Å². The van der Waals surface area contributed by atoms with Crippen LogP contribution in [-0.2, 0) is 32.2 Å². The maximum absolute atomic E-state index is 10.9. The predicted molar refractivity (Wildman–Crippen MR) is 63.6 cm³/mol. The van der Waals surface area contributed by atoms with Crippen molar-refractivity contribution in [3.05, 3.63) is 45.5 Å². The van der Waals surface area contributed by atoms with E-state index in [4.69, 9.17) is 4.74 Å². The number of esters is 1. The first-order chi connectivity index (χ1) is 8.99. The van der Waals surface area contributed by atoms with Crippen molar-refractivity contribution in [1.29, 1.82) is 0 Å². The second kappa shape index (κ2) is 7.10. The molecule has 0 aliphatic rings. The number of carbonyl (C=O) groups excluding carboxylic acids is 2. The molecular weight excluding hydrogens is 254 g/mol. The third kappa shape index (κ3) is 5.62. The van der Waals surface area contributed by atoms with Gasteiger partial charge < -0.3 is 9.57 Å². The van der Waals surface area contributed by atoms with Gasteiger partial charge >= 0.3 is 5.97 Å². The van der Waals surface area contributed by atoms with E-state index in [2.05, 4.69) is 4.84 Å². The van der Waals surface area contributed by atoms with Crippen LogP contribution in [0.1, 0.15) is 18.1 Å². The van der Waals surface area contributed by atoms with Crippen molar-refractivity contribution in [2.75, 3.05) is 6.61 Å². The van der Waals surface area contributed by atoms with E-state index in [1.54, 1.807) is 24.3 Å².